The minimum atomic E-state index is 0.292. The van der Waals surface area contributed by atoms with Gasteiger partial charge in [0.15, 0.2) is 0 Å². The van der Waals surface area contributed by atoms with Crippen molar-refractivity contribution in [3.63, 3.8) is 0 Å². The number of amides is 1. The van der Waals surface area contributed by atoms with Crippen LogP contribution in [0.5, 0.6) is 0 Å². The molecular formula is C17H27N5O. The molecule has 1 fully saturated rings. The molecule has 1 aromatic rings. The smallest absolute Gasteiger partial charge is 0.207 e. The predicted octanol–water partition coefficient (Wildman–Crippen LogP) is 1.32. The van der Waals surface area contributed by atoms with E-state index in [4.69, 9.17) is 0 Å². The topological polar surface area (TPSA) is 78.9 Å². The summed E-state index contributed by atoms with van der Waals surface area (Å²) in [4.78, 5) is 18.7. The van der Waals surface area contributed by atoms with Crippen molar-refractivity contribution in [2.45, 2.75) is 45.7 Å². The first kappa shape index (κ1) is 18.9. The van der Waals surface area contributed by atoms with Gasteiger partial charge in [-0.25, -0.2) is 9.97 Å². The van der Waals surface area contributed by atoms with Gasteiger partial charge in [0.2, 0.25) is 6.41 Å². The molecule has 0 spiro atoms. The van der Waals surface area contributed by atoms with Gasteiger partial charge in [0.05, 0.1) is 5.56 Å². The number of carbonyl (C=O) groups is 1. The zero-order chi connectivity index (χ0) is 17.2. The van der Waals surface area contributed by atoms with Gasteiger partial charge in [-0.05, 0) is 26.8 Å². The average molecular weight is 317 g/mol. The Balaban J connectivity index is 0.000000463. The van der Waals surface area contributed by atoms with E-state index in [-0.39, 0.29) is 0 Å². The number of nitrogens with one attached hydrogen (secondary N) is 3. The molecule has 0 aliphatic heterocycles. The molecule has 0 unspecified atom stereocenters. The van der Waals surface area contributed by atoms with E-state index in [1.165, 1.54) is 0 Å². The number of hydrogen-bond acceptors (Lipinski definition) is 5. The first-order valence-electron chi connectivity index (χ1n) is 7.90. The number of carbonyl (C=O) groups excluding carboxylic acids is 1. The Morgan fingerprint density at radius 2 is 2.00 bits per heavy atom. The van der Waals surface area contributed by atoms with E-state index in [0.29, 0.717) is 18.0 Å². The molecule has 1 amide bonds. The summed E-state index contributed by atoms with van der Waals surface area (Å²) in [5.74, 6) is 8.14. The van der Waals surface area contributed by atoms with Crippen LogP contribution < -0.4 is 16.0 Å². The lowest BCUT2D eigenvalue weighted by molar-refractivity contribution is -0.110. The Labute approximate surface area is 138 Å². The number of aromatic nitrogens is 2. The quantitative estimate of drug-likeness (QED) is 0.576. The van der Waals surface area contributed by atoms with Crippen LogP contribution in [0.2, 0.25) is 0 Å². The van der Waals surface area contributed by atoms with Crippen LogP contribution in [0.25, 0.3) is 0 Å². The molecule has 1 aliphatic rings. The summed E-state index contributed by atoms with van der Waals surface area (Å²) in [6, 6.07) is 0.926. The van der Waals surface area contributed by atoms with Gasteiger partial charge < -0.3 is 16.0 Å². The minimum Gasteiger partial charge on any atom is -0.372 e. The Morgan fingerprint density at radius 1 is 1.35 bits per heavy atom. The highest BCUT2D eigenvalue weighted by molar-refractivity contribution is 5.52. The Kier molecular flexibility index (Phi) is 8.06. The summed E-state index contributed by atoms with van der Waals surface area (Å²) >= 11 is 0. The van der Waals surface area contributed by atoms with Gasteiger partial charge in [-0.1, -0.05) is 25.7 Å². The summed E-state index contributed by atoms with van der Waals surface area (Å²) in [6.45, 7) is 6.07. The molecule has 1 aliphatic carbocycles. The summed E-state index contributed by atoms with van der Waals surface area (Å²) in [5, 5.41) is 8.80. The molecule has 0 aromatic carbocycles. The van der Waals surface area contributed by atoms with Gasteiger partial charge in [-0.3, -0.25) is 4.79 Å². The minimum absolute atomic E-state index is 0.292. The second-order valence-corrected chi connectivity index (χ2v) is 5.79. The van der Waals surface area contributed by atoms with Crippen molar-refractivity contribution in [3.05, 3.63) is 17.6 Å². The largest absolute Gasteiger partial charge is 0.372 e. The molecule has 6 heteroatoms. The molecule has 1 aromatic heterocycles. The Bertz CT molecular complexity index is 556. The number of anilines is 1. The third kappa shape index (κ3) is 6.66. The molecule has 0 saturated heterocycles. The van der Waals surface area contributed by atoms with Crippen molar-refractivity contribution < 1.29 is 4.79 Å². The standard InChI is InChI=1S/C13H16N4O.C4H11N/c1-9-15-7-11(13(14-2)17-9)4-3-10-5-12(6-10)16-8-18;1-4(2)5-3/h7-8,10,12H,5-6H2,1-2H3,(H,16,18)(H,14,15,17);4-5H,1-3H3. The van der Waals surface area contributed by atoms with E-state index in [9.17, 15) is 4.79 Å². The van der Waals surface area contributed by atoms with Crippen LogP contribution >= 0.6 is 0 Å². The van der Waals surface area contributed by atoms with E-state index in [2.05, 4.69) is 51.6 Å². The molecule has 1 heterocycles. The third-order valence-electron chi connectivity index (χ3n) is 3.58. The highest BCUT2D eigenvalue weighted by atomic mass is 16.1. The van der Waals surface area contributed by atoms with Crippen molar-refractivity contribution in [3.8, 4) is 11.8 Å². The number of hydrogen-bond donors (Lipinski definition) is 3. The van der Waals surface area contributed by atoms with Gasteiger partial charge in [-0.2, -0.15) is 0 Å². The van der Waals surface area contributed by atoms with Crippen LogP contribution in [0.4, 0.5) is 5.82 Å². The van der Waals surface area contributed by atoms with Crippen molar-refractivity contribution in [1.29, 1.82) is 0 Å². The number of nitrogens with zero attached hydrogens (tertiary/aromatic N) is 2. The van der Waals surface area contributed by atoms with Crippen LogP contribution in [0.15, 0.2) is 6.20 Å². The number of rotatable bonds is 4. The molecule has 1 saturated carbocycles. The van der Waals surface area contributed by atoms with E-state index >= 15 is 0 Å². The number of aryl methyl sites for hydroxylation is 1. The van der Waals surface area contributed by atoms with E-state index < -0.39 is 0 Å². The van der Waals surface area contributed by atoms with E-state index in [1.807, 2.05) is 21.0 Å². The van der Waals surface area contributed by atoms with E-state index in [0.717, 1.165) is 36.5 Å². The molecule has 3 N–H and O–H groups in total. The average Bonchev–Trinajstić information content (AvgIpc) is 2.50. The first-order chi connectivity index (χ1) is 11.0. The van der Waals surface area contributed by atoms with Gasteiger partial charge in [0.1, 0.15) is 11.6 Å². The summed E-state index contributed by atoms with van der Waals surface area (Å²) in [6.07, 6.45) is 4.34. The molecule has 0 radical (unpaired) electrons. The van der Waals surface area contributed by atoms with Crippen molar-refractivity contribution in [2.24, 2.45) is 5.92 Å². The Hall–Kier alpha value is -2.13. The van der Waals surface area contributed by atoms with Crippen molar-refractivity contribution >= 4 is 12.2 Å². The molecule has 0 bridgehead atoms. The first-order valence-corrected chi connectivity index (χ1v) is 7.90. The monoisotopic (exact) mass is 317 g/mol. The van der Waals surface area contributed by atoms with Crippen LogP contribution in [0.3, 0.4) is 0 Å². The fourth-order valence-electron chi connectivity index (χ4n) is 1.90. The normalized spacial score (nSPS) is 18.7. The zero-order valence-corrected chi connectivity index (χ0v) is 14.6. The maximum atomic E-state index is 10.2. The molecule has 2 rings (SSSR count). The maximum absolute atomic E-state index is 10.2. The summed E-state index contributed by atoms with van der Waals surface area (Å²) in [7, 11) is 3.77. The lowest BCUT2D eigenvalue weighted by atomic mass is 9.81. The predicted molar refractivity (Wildman–Crippen MR) is 93.1 cm³/mol. The zero-order valence-electron chi connectivity index (χ0n) is 14.6. The summed E-state index contributed by atoms with van der Waals surface area (Å²) in [5.41, 5.74) is 0.815. The molecular weight excluding hydrogens is 290 g/mol. The lowest BCUT2D eigenvalue weighted by Gasteiger charge is -2.30. The highest BCUT2D eigenvalue weighted by Gasteiger charge is 2.26. The second-order valence-electron chi connectivity index (χ2n) is 5.79. The van der Waals surface area contributed by atoms with Crippen LogP contribution in [-0.2, 0) is 4.79 Å². The SMILES string of the molecule is CNC(C)C.CNc1nc(C)ncc1C#CC1CC(NC=O)C1. The second kappa shape index (κ2) is 9.80. The molecule has 6 nitrogen and oxygen atoms in total. The van der Waals surface area contributed by atoms with Crippen molar-refractivity contribution in [2.75, 3.05) is 19.4 Å². The molecule has 126 valence electrons. The van der Waals surface area contributed by atoms with Crippen LogP contribution in [0, 0.1) is 24.7 Å². The van der Waals surface area contributed by atoms with Gasteiger partial charge in [0, 0.05) is 31.2 Å². The van der Waals surface area contributed by atoms with Crippen LogP contribution in [-0.4, -0.2) is 42.6 Å². The van der Waals surface area contributed by atoms with Gasteiger partial charge in [-0.15, -0.1) is 0 Å². The van der Waals surface area contributed by atoms with Gasteiger partial charge in [0.25, 0.3) is 0 Å². The summed E-state index contributed by atoms with van der Waals surface area (Å²) < 4.78 is 0. The molecule has 0 atom stereocenters. The third-order valence-corrected chi connectivity index (χ3v) is 3.58. The van der Waals surface area contributed by atoms with E-state index in [1.54, 1.807) is 6.20 Å². The van der Waals surface area contributed by atoms with Crippen molar-refractivity contribution in [1.82, 2.24) is 20.6 Å². The van der Waals surface area contributed by atoms with Crippen LogP contribution in [0.1, 0.15) is 38.1 Å². The fraction of sp³-hybridized carbons (Fsp3) is 0.588. The lowest BCUT2D eigenvalue weighted by Crippen LogP contribution is -2.39. The van der Waals surface area contributed by atoms with Gasteiger partial charge >= 0.3 is 0 Å². The fourth-order valence-corrected chi connectivity index (χ4v) is 1.90. The maximum Gasteiger partial charge on any atom is 0.207 e. The Morgan fingerprint density at radius 3 is 2.52 bits per heavy atom. The highest BCUT2D eigenvalue weighted by Crippen LogP contribution is 2.26. The molecule has 23 heavy (non-hydrogen) atoms.